The van der Waals surface area contributed by atoms with E-state index in [1.807, 2.05) is 24.3 Å². The second-order valence-corrected chi connectivity index (χ2v) is 2.84. The summed E-state index contributed by atoms with van der Waals surface area (Å²) >= 11 is 0. The first kappa shape index (κ1) is 10.7. The number of fused-ring (bicyclic) bond motifs is 1. The molecule has 0 aliphatic carbocycles. The van der Waals surface area contributed by atoms with Gasteiger partial charge in [-0.25, -0.2) is 0 Å². The molecule has 0 spiro atoms. The molecule has 0 amide bonds. The summed E-state index contributed by atoms with van der Waals surface area (Å²) in [4.78, 5) is 10.7. The van der Waals surface area contributed by atoms with Crippen LogP contribution in [0.5, 0.6) is 5.75 Å². The largest absolute Gasteiger partial charge is 2.00 e. The van der Waals surface area contributed by atoms with Crippen LogP contribution in [0.25, 0.3) is 10.8 Å². The van der Waals surface area contributed by atoms with Crippen molar-refractivity contribution in [1.29, 1.82) is 0 Å². The minimum atomic E-state index is 0. The van der Waals surface area contributed by atoms with Crippen LogP contribution in [0.4, 0.5) is 0 Å². The summed E-state index contributed by atoms with van der Waals surface area (Å²) < 4.78 is 0. The molecule has 0 unspecified atom stereocenters. The Morgan fingerprint density at radius 1 is 1.07 bits per heavy atom. The van der Waals surface area contributed by atoms with E-state index in [2.05, 4.69) is 0 Å². The number of hydrogen-bond donors (Lipinski definition) is 1. The van der Waals surface area contributed by atoms with Gasteiger partial charge >= 0.3 is 16.5 Å². The molecule has 1 N–H and O–H groups in total. The second kappa shape index (κ2) is 4.25. The van der Waals surface area contributed by atoms with Gasteiger partial charge in [0.1, 0.15) is 5.75 Å². The topological polar surface area (TPSA) is 37.3 Å². The van der Waals surface area contributed by atoms with Gasteiger partial charge in [0.2, 0.25) is 0 Å². The molecular formula is C11H8NiO2+2. The van der Waals surface area contributed by atoms with Gasteiger partial charge in [0.05, 0.1) is 5.56 Å². The summed E-state index contributed by atoms with van der Waals surface area (Å²) in [5.41, 5.74) is 0.359. The normalized spacial score (nSPS) is 9.43. The van der Waals surface area contributed by atoms with E-state index in [0.717, 1.165) is 10.8 Å². The van der Waals surface area contributed by atoms with E-state index < -0.39 is 0 Å². The second-order valence-electron chi connectivity index (χ2n) is 2.84. The van der Waals surface area contributed by atoms with Gasteiger partial charge in [-0.15, -0.1) is 0 Å². The molecule has 0 aliphatic rings. The molecule has 14 heavy (non-hydrogen) atoms. The van der Waals surface area contributed by atoms with Crippen LogP contribution in [-0.2, 0) is 16.5 Å². The molecule has 0 radical (unpaired) electrons. The summed E-state index contributed by atoms with van der Waals surface area (Å²) in [5.74, 6) is 0.0358. The van der Waals surface area contributed by atoms with Crippen molar-refractivity contribution in [3.05, 3.63) is 42.0 Å². The first-order valence-corrected chi connectivity index (χ1v) is 3.99. The molecule has 0 atom stereocenters. The quantitative estimate of drug-likeness (QED) is 0.604. The van der Waals surface area contributed by atoms with Gasteiger partial charge in [-0.1, -0.05) is 30.3 Å². The van der Waals surface area contributed by atoms with Gasteiger partial charge in [0.25, 0.3) is 0 Å². The number of rotatable bonds is 1. The van der Waals surface area contributed by atoms with Crippen LogP contribution in [0.3, 0.4) is 0 Å². The molecule has 3 heteroatoms. The zero-order chi connectivity index (χ0) is 9.26. The molecule has 0 saturated carbocycles. The Morgan fingerprint density at radius 2 is 1.79 bits per heavy atom. The molecular weight excluding hydrogens is 223 g/mol. The third-order valence-electron chi connectivity index (χ3n) is 2.07. The fourth-order valence-electron chi connectivity index (χ4n) is 1.41. The van der Waals surface area contributed by atoms with E-state index in [9.17, 15) is 9.90 Å². The average molecular weight is 231 g/mol. The number of phenolic OH excluding ortho intramolecular Hbond substituents is 1. The van der Waals surface area contributed by atoms with Gasteiger partial charge in [-0.2, -0.15) is 0 Å². The molecule has 2 nitrogen and oxygen atoms in total. The first-order chi connectivity index (χ1) is 6.33. The number of carbonyl (C=O) groups is 1. The van der Waals surface area contributed by atoms with Crippen molar-refractivity contribution in [2.24, 2.45) is 0 Å². The number of benzene rings is 2. The van der Waals surface area contributed by atoms with Gasteiger partial charge in [-0.05, 0) is 16.8 Å². The average Bonchev–Trinajstić information content (AvgIpc) is 2.18. The molecule has 2 aromatic rings. The van der Waals surface area contributed by atoms with Crippen LogP contribution in [-0.4, -0.2) is 11.4 Å². The van der Waals surface area contributed by atoms with Gasteiger partial charge in [0, 0.05) is 0 Å². The zero-order valence-electron chi connectivity index (χ0n) is 7.21. The number of phenols is 1. The number of carbonyl (C=O) groups excluding carboxylic acids is 1. The molecule has 0 fully saturated rings. The summed E-state index contributed by atoms with van der Waals surface area (Å²) in [6.07, 6.45) is 0.678. The number of hydrogen-bond acceptors (Lipinski definition) is 2. The monoisotopic (exact) mass is 230 g/mol. The van der Waals surface area contributed by atoms with Gasteiger partial charge < -0.3 is 5.11 Å². The standard InChI is InChI=1S/C11H8O2.Ni/c12-7-10-9-4-2-1-3-8(9)5-6-11(10)13;/h1-7,13H;/q;+2. The third-order valence-corrected chi connectivity index (χ3v) is 2.07. The SMILES string of the molecule is O=Cc1c(O)ccc2ccccc12.[Ni+2]. The van der Waals surface area contributed by atoms with E-state index in [1.54, 1.807) is 6.07 Å². The first-order valence-electron chi connectivity index (χ1n) is 3.99. The predicted molar refractivity (Wildman–Crippen MR) is 51.0 cm³/mol. The summed E-state index contributed by atoms with van der Waals surface area (Å²) in [6, 6.07) is 10.8. The maximum absolute atomic E-state index is 10.7. The Bertz CT molecular complexity index is 466. The number of aromatic hydroxyl groups is 1. The minimum absolute atomic E-state index is 0. The summed E-state index contributed by atoms with van der Waals surface area (Å²) in [5, 5.41) is 11.1. The van der Waals surface area contributed by atoms with Crippen LogP contribution >= 0.6 is 0 Å². The van der Waals surface area contributed by atoms with E-state index in [-0.39, 0.29) is 22.2 Å². The zero-order valence-corrected chi connectivity index (χ0v) is 8.20. The van der Waals surface area contributed by atoms with Crippen LogP contribution in [0, 0.1) is 0 Å². The predicted octanol–water partition coefficient (Wildman–Crippen LogP) is 2.36. The molecule has 0 saturated heterocycles. The van der Waals surface area contributed by atoms with Crippen LogP contribution in [0.1, 0.15) is 10.4 Å². The van der Waals surface area contributed by atoms with Crippen LogP contribution in [0.2, 0.25) is 0 Å². The van der Waals surface area contributed by atoms with Crippen molar-refractivity contribution in [3.8, 4) is 5.75 Å². The molecule has 0 heterocycles. The van der Waals surface area contributed by atoms with E-state index in [0.29, 0.717) is 11.8 Å². The maximum Gasteiger partial charge on any atom is 2.00 e. The van der Waals surface area contributed by atoms with E-state index in [1.165, 1.54) is 6.07 Å². The molecule has 0 aromatic heterocycles. The Balaban J connectivity index is 0.000000980. The van der Waals surface area contributed by atoms with Crippen molar-refractivity contribution >= 4 is 17.1 Å². The van der Waals surface area contributed by atoms with E-state index in [4.69, 9.17) is 0 Å². The fraction of sp³-hybridized carbons (Fsp3) is 0. The summed E-state index contributed by atoms with van der Waals surface area (Å²) in [7, 11) is 0. The fourth-order valence-corrected chi connectivity index (χ4v) is 1.41. The van der Waals surface area contributed by atoms with Crippen molar-refractivity contribution in [2.75, 3.05) is 0 Å². The van der Waals surface area contributed by atoms with Crippen molar-refractivity contribution in [3.63, 3.8) is 0 Å². The smallest absolute Gasteiger partial charge is 0.507 e. The molecule has 72 valence electrons. The van der Waals surface area contributed by atoms with Crippen LogP contribution < -0.4 is 0 Å². The minimum Gasteiger partial charge on any atom is -0.507 e. The summed E-state index contributed by atoms with van der Waals surface area (Å²) in [6.45, 7) is 0. The Kier molecular flexibility index (Phi) is 3.26. The van der Waals surface area contributed by atoms with Crippen LogP contribution in [0.15, 0.2) is 36.4 Å². The van der Waals surface area contributed by atoms with Crippen molar-refractivity contribution in [1.82, 2.24) is 0 Å². The number of aldehydes is 1. The van der Waals surface area contributed by atoms with Crippen molar-refractivity contribution < 1.29 is 26.4 Å². The molecule has 2 aromatic carbocycles. The van der Waals surface area contributed by atoms with E-state index >= 15 is 0 Å². The molecule has 0 aliphatic heterocycles. The van der Waals surface area contributed by atoms with Gasteiger partial charge in [0.15, 0.2) is 6.29 Å². The Hall–Kier alpha value is -1.34. The third kappa shape index (κ3) is 1.64. The van der Waals surface area contributed by atoms with Crippen molar-refractivity contribution in [2.45, 2.75) is 0 Å². The molecule has 0 bridgehead atoms. The maximum atomic E-state index is 10.7. The Morgan fingerprint density at radius 3 is 2.50 bits per heavy atom. The van der Waals surface area contributed by atoms with Gasteiger partial charge in [-0.3, -0.25) is 4.79 Å². The molecule has 2 rings (SSSR count). The Labute approximate surface area is 91.5 Å².